The van der Waals surface area contributed by atoms with E-state index in [-0.39, 0.29) is 4.83 Å². The van der Waals surface area contributed by atoms with Gasteiger partial charge in [0.2, 0.25) is 0 Å². The first kappa shape index (κ1) is 7.26. The van der Waals surface area contributed by atoms with E-state index in [4.69, 9.17) is 0 Å². The summed E-state index contributed by atoms with van der Waals surface area (Å²) in [5.41, 5.74) is 0. The molecular formula is C7H11BrO. The summed E-state index contributed by atoms with van der Waals surface area (Å²) in [5.74, 6) is 0.685. The molecule has 0 N–H and O–H groups in total. The monoisotopic (exact) mass is 190 g/mol. The van der Waals surface area contributed by atoms with E-state index in [1.54, 1.807) is 0 Å². The summed E-state index contributed by atoms with van der Waals surface area (Å²) in [6.45, 7) is 2.01. The van der Waals surface area contributed by atoms with Gasteiger partial charge >= 0.3 is 0 Å². The van der Waals surface area contributed by atoms with Crippen molar-refractivity contribution in [3.63, 3.8) is 0 Å². The SMILES string of the molecule is C[C@@H]1CCC[C@@H](Br)C1=O. The summed E-state index contributed by atoms with van der Waals surface area (Å²) >= 11 is 3.34. The van der Waals surface area contributed by atoms with Gasteiger partial charge in [-0.05, 0) is 12.8 Å². The number of carbonyl (C=O) groups excluding carboxylic acids is 1. The average Bonchev–Trinajstić information content (AvgIpc) is 1.83. The van der Waals surface area contributed by atoms with Crippen LogP contribution in [0.25, 0.3) is 0 Å². The number of hydrogen-bond acceptors (Lipinski definition) is 1. The van der Waals surface area contributed by atoms with E-state index in [9.17, 15) is 4.79 Å². The molecule has 0 aromatic carbocycles. The van der Waals surface area contributed by atoms with E-state index in [0.717, 1.165) is 12.8 Å². The van der Waals surface area contributed by atoms with Crippen molar-refractivity contribution in [2.75, 3.05) is 0 Å². The summed E-state index contributed by atoms with van der Waals surface area (Å²) in [5, 5.41) is 0. The molecule has 0 aromatic rings. The van der Waals surface area contributed by atoms with Gasteiger partial charge < -0.3 is 0 Å². The first-order valence-electron chi connectivity index (χ1n) is 3.39. The molecule has 0 saturated heterocycles. The fraction of sp³-hybridized carbons (Fsp3) is 0.857. The van der Waals surface area contributed by atoms with Gasteiger partial charge in [0, 0.05) is 5.92 Å². The molecule has 0 aliphatic heterocycles. The van der Waals surface area contributed by atoms with Crippen LogP contribution in [-0.2, 0) is 4.79 Å². The van der Waals surface area contributed by atoms with Gasteiger partial charge in [-0.2, -0.15) is 0 Å². The van der Waals surface area contributed by atoms with Gasteiger partial charge in [-0.3, -0.25) is 4.79 Å². The molecule has 0 radical (unpaired) electrons. The third kappa shape index (κ3) is 1.54. The highest BCUT2D eigenvalue weighted by Crippen LogP contribution is 2.24. The van der Waals surface area contributed by atoms with Crippen LogP contribution in [0.15, 0.2) is 0 Å². The zero-order valence-corrected chi connectivity index (χ0v) is 7.15. The molecule has 0 spiro atoms. The Hall–Kier alpha value is 0.150. The van der Waals surface area contributed by atoms with Crippen molar-refractivity contribution >= 4 is 21.7 Å². The van der Waals surface area contributed by atoms with Crippen molar-refractivity contribution in [2.45, 2.75) is 31.0 Å². The predicted molar refractivity (Wildman–Crippen MR) is 40.7 cm³/mol. The highest BCUT2D eigenvalue weighted by atomic mass is 79.9. The van der Waals surface area contributed by atoms with E-state index in [2.05, 4.69) is 15.9 Å². The lowest BCUT2D eigenvalue weighted by Gasteiger charge is -2.20. The van der Waals surface area contributed by atoms with E-state index in [0.29, 0.717) is 11.7 Å². The lowest BCUT2D eigenvalue weighted by molar-refractivity contribution is -0.123. The van der Waals surface area contributed by atoms with Crippen LogP contribution >= 0.6 is 15.9 Å². The predicted octanol–water partition coefficient (Wildman–Crippen LogP) is 2.14. The van der Waals surface area contributed by atoms with Crippen molar-refractivity contribution in [1.29, 1.82) is 0 Å². The second-order valence-electron chi connectivity index (χ2n) is 2.70. The molecule has 0 unspecified atom stereocenters. The van der Waals surface area contributed by atoms with E-state index < -0.39 is 0 Å². The van der Waals surface area contributed by atoms with Crippen LogP contribution in [-0.4, -0.2) is 10.6 Å². The number of Topliss-reactive ketones (excluding diaryl/α,β-unsaturated/α-hetero) is 1. The van der Waals surface area contributed by atoms with Gasteiger partial charge in [0.25, 0.3) is 0 Å². The summed E-state index contributed by atoms with van der Waals surface area (Å²) in [7, 11) is 0. The molecule has 52 valence electrons. The Morgan fingerprint density at radius 3 is 2.67 bits per heavy atom. The number of ketones is 1. The Balaban J connectivity index is 2.52. The molecule has 9 heavy (non-hydrogen) atoms. The first-order chi connectivity index (χ1) is 4.22. The maximum Gasteiger partial charge on any atom is 0.149 e. The van der Waals surface area contributed by atoms with Crippen molar-refractivity contribution < 1.29 is 4.79 Å². The summed E-state index contributed by atoms with van der Waals surface area (Å²) in [4.78, 5) is 11.2. The molecule has 0 heterocycles. The highest BCUT2D eigenvalue weighted by molar-refractivity contribution is 9.10. The topological polar surface area (TPSA) is 17.1 Å². The van der Waals surface area contributed by atoms with Crippen molar-refractivity contribution in [3.05, 3.63) is 0 Å². The fourth-order valence-electron chi connectivity index (χ4n) is 1.20. The summed E-state index contributed by atoms with van der Waals surface area (Å²) in [6.07, 6.45) is 3.31. The fourth-order valence-corrected chi connectivity index (χ4v) is 1.97. The largest absolute Gasteiger partial charge is 0.298 e. The Morgan fingerprint density at radius 2 is 2.22 bits per heavy atom. The molecule has 1 fully saturated rings. The standard InChI is InChI=1S/C7H11BrO/c1-5-3-2-4-6(8)7(5)9/h5-6H,2-4H2,1H3/t5-,6-/m1/s1. The molecule has 1 saturated carbocycles. The molecule has 1 aliphatic rings. The molecule has 0 amide bonds. The minimum atomic E-state index is 0.154. The molecule has 1 aliphatic carbocycles. The van der Waals surface area contributed by atoms with Gasteiger partial charge in [0.15, 0.2) is 0 Å². The van der Waals surface area contributed by atoms with Crippen molar-refractivity contribution in [1.82, 2.24) is 0 Å². The lowest BCUT2D eigenvalue weighted by Crippen LogP contribution is -2.26. The molecule has 1 rings (SSSR count). The highest BCUT2D eigenvalue weighted by Gasteiger charge is 2.25. The third-order valence-corrected chi connectivity index (χ3v) is 2.80. The molecule has 0 bridgehead atoms. The van der Waals surface area contributed by atoms with Crippen molar-refractivity contribution in [3.8, 4) is 0 Å². The van der Waals surface area contributed by atoms with Gasteiger partial charge in [0.1, 0.15) is 5.78 Å². The number of carbonyl (C=O) groups is 1. The van der Waals surface area contributed by atoms with Crippen LogP contribution in [0.5, 0.6) is 0 Å². The quantitative estimate of drug-likeness (QED) is 0.536. The number of rotatable bonds is 0. The second-order valence-corrected chi connectivity index (χ2v) is 3.81. The number of halogens is 1. The molecule has 0 aromatic heterocycles. The van der Waals surface area contributed by atoms with Crippen LogP contribution in [0.3, 0.4) is 0 Å². The minimum Gasteiger partial charge on any atom is -0.298 e. The zero-order chi connectivity index (χ0) is 6.85. The van der Waals surface area contributed by atoms with Gasteiger partial charge in [-0.1, -0.05) is 29.3 Å². The van der Waals surface area contributed by atoms with Crippen LogP contribution in [0.1, 0.15) is 26.2 Å². The lowest BCUT2D eigenvalue weighted by atomic mass is 9.90. The number of alkyl halides is 1. The normalized spacial score (nSPS) is 36.9. The van der Waals surface area contributed by atoms with Gasteiger partial charge in [0.05, 0.1) is 4.83 Å². The molecule has 1 nitrogen and oxygen atoms in total. The molecular weight excluding hydrogens is 180 g/mol. The average molecular weight is 191 g/mol. The summed E-state index contributed by atoms with van der Waals surface area (Å²) in [6, 6.07) is 0. The van der Waals surface area contributed by atoms with Crippen LogP contribution in [0.2, 0.25) is 0 Å². The Morgan fingerprint density at radius 1 is 1.56 bits per heavy atom. The van der Waals surface area contributed by atoms with Gasteiger partial charge in [-0.15, -0.1) is 0 Å². The van der Waals surface area contributed by atoms with Gasteiger partial charge in [-0.25, -0.2) is 0 Å². The maximum absolute atomic E-state index is 11.1. The maximum atomic E-state index is 11.1. The molecule has 2 heteroatoms. The minimum absolute atomic E-state index is 0.154. The van der Waals surface area contributed by atoms with E-state index in [1.807, 2.05) is 6.92 Å². The first-order valence-corrected chi connectivity index (χ1v) is 4.31. The van der Waals surface area contributed by atoms with E-state index in [1.165, 1.54) is 6.42 Å². The van der Waals surface area contributed by atoms with Crippen LogP contribution < -0.4 is 0 Å². The molecule has 2 atom stereocenters. The van der Waals surface area contributed by atoms with Crippen molar-refractivity contribution in [2.24, 2.45) is 5.92 Å². The van der Waals surface area contributed by atoms with Crippen LogP contribution in [0.4, 0.5) is 0 Å². The van der Waals surface area contributed by atoms with Crippen LogP contribution in [0, 0.1) is 5.92 Å². The second kappa shape index (κ2) is 2.82. The summed E-state index contributed by atoms with van der Waals surface area (Å²) < 4.78 is 0. The number of hydrogen-bond donors (Lipinski definition) is 0. The smallest absolute Gasteiger partial charge is 0.149 e. The zero-order valence-electron chi connectivity index (χ0n) is 5.56. The Bertz CT molecular complexity index is 110. The third-order valence-electron chi connectivity index (χ3n) is 1.89. The van der Waals surface area contributed by atoms with E-state index >= 15 is 0 Å². The Labute approximate surface area is 64.0 Å². The Kier molecular flexibility index (Phi) is 2.28.